The number of halogens is 2. The lowest BCUT2D eigenvalue weighted by Crippen LogP contribution is -2.26. The molecule has 0 fully saturated rings. The molecule has 0 amide bonds. The first-order chi connectivity index (χ1) is 7.56. The van der Waals surface area contributed by atoms with Crippen LogP contribution in [0.3, 0.4) is 0 Å². The van der Waals surface area contributed by atoms with E-state index < -0.39 is 23.7 Å². The van der Waals surface area contributed by atoms with Crippen LogP contribution in [0, 0.1) is 11.6 Å². The Morgan fingerprint density at radius 3 is 2.12 bits per heavy atom. The predicted molar refractivity (Wildman–Crippen MR) is 52.9 cm³/mol. The van der Waals surface area contributed by atoms with Crippen molar-refractivity contribution >= 4 is 5.78 Å². The summed E-state index contributed by atoms with van der Waals surface area (Å²) in [6.07, 6.45) is -1.15. The van der Waals surface area contributed by atoms with E-state index in [2.05, 4.69) is 0 Å². The summed E-state index contributed by atoms with van der Waals surface area (Å²) in [5, 5.41) is 0. The molecule has 0 saturated carbocycles. The van der Waals surface area contributed by atoms with E-state index in [0.29, 0.717) is 0 Å². The molecule has 88 valence electrons. The van der Waals surface area contributed by atoms with Crippen LogP contribution in [-0.4, -0.2) is 26.3 Å². The first-order valence-corrected chi connectivity index (χ1v) is 4.60. The highest BCUT2D eigenvalue weighted by Crippen LogP contribution is 2.10. The van der Waals surface area contributed by atoms with Crippen LogP contribution in [0.5, 0.6) is 0 Å². The van der Waals surface area contributed by atoms with Crippen molar-refractivity contribution < 1.29 is 23.0 Å². The van der Waals surface area contributed by atoms with Gasteiger partial charge in [-0.25, -0.2) is 8.78 Å². The van der Waals surface area contributed by atoms with Gasteiger partial charge in [0.05, 0.1) is 0 Å². The second-order valence-electron chi connectivity index (χ2n) is 3.22. The standard InChI is InChI=1S/C11H12F2O3/c1-15-11(16-2)10(14)5-7-3-8(12)6-9(13)4-7/h3-4,6,11H,5H2,1-2H3. The largest absolute Gasteiger partial charge is 0.349 e. The molecule has 0 saturated heterocycles. The fraction of sp³-hybridized carbons (Fsp3) is 0.364. The van der Waals surface area contributed by atoms with Gasteiger partial charge in [0.1, 0.15) is 11.6 Å². The molecule has 0 N–H and O–H groups in total. The molecule has 0 spiro atoms. The maximum absolute atomic E-state index is 12.8. The normalized spacial score (nSPS) is 10.8. The molecule has 0 aliphatic heterocycles. The maximum atomic E-state index is 12.8. The highest BCUT2D eigenvalue weighted by molar-refractivity contribution is 5.84. The fourth-order valence-corrected chi connectivity index (χ4v) is 1.36. The Labute approximate surface area is 92.0 Å². The van der Waals surface area contributed by atoms with Gasteiger partial charge in [0, 0.05) is 26.7 Å². The molecule has 0 radical (unpaired) electrons. The van der Waals surface area contributed by atoms with Crippen LogP contribution in [0.15, 0.2) is 18.2 Å². The molecule has 0 atom stereocenters. The number of benzene rings is 1. The number of Topliss-reactive ketones (excluding diaryl/α,β-unsaturated/α-hetero) is 1. The minimum atomic E-state index is -1.01. The number of carbonyl (C=O) groups excluding carboxylic acids is 1. The third-order valence-electron chi connectivity index (χ3n) is 1.99. The first-order valence-electron chi connectivity index (χ1n) is 4.60. The van der Waals surface area contributed by atoms with E-state index in [0.717, 1.165) is 18.2 Å². The minimum Gasteiger partial charge on any atom is -0.349 e. The Bertz CT molecular complexity index is 355. The van der Waals surface area contributed by atoms with Crippen molar-refractivity contribution in [2.75, 3.05) is 14.2 Å². The number of methoxy groups -OCH3 is 2. The Morgan fingerprint density at radius 2 is 1.69 bits per heavy atom. The summed E-state index contributed by atoms with van der Waals surface area (Å²) in [6, 6.07) is 2.95. The van der Waals surface area contributed by atoms with Gasteiger partial charge < -0.3 is 9.47 Å². The van der Waals surface area contributed by atoms with E-state index in [1.54, 1.807) is 0 Å². The fourth-order valence-electron chi connectivity index (χ4n) is 1.36. The van der Waals surface area contributed by atoms with Crippen molar-refractivity contribution in [3.05, 3.63) is 35.4 Å². The lowest BCUT2D eigenvalue weighted by atomic mass is 10.1. The molecule has 0 aliphatic carbocycles. The molecule has 0 aliphatic rings. The summed E-state index contributed by atoms with van der Waals surface area (Å²) in [7, 11) is 2.64. The summed E-state index contributed by atoms with van der Waals surface area (Å²) >= 11 is 0. The number of hydrogen-bond acceptors (Lipinski definition) is 3. The van der Waals surface area contributed by atoms with Crippen LogP contribution >= 0.6 is 0 Å². The van der Waals surface area contributed by atoms with E-state index in [-0.39, 0.29) is 12.0 Å². The Balaban J connectivity index is 2.76. The lowest BCUT2D eigenvalue weighted by molar-refractivity contribution is -0.155. The van der Waals surface area contributed by atoms with Crippen LogP contribution < -0.4 is 0 Å². The van der Waals surface area contributed by atoms with Crippen LogP contribution in [0.4, 0.5) is 8.78 Å². The third-order valence-corrected chi connectivity index (χ3v) is 1.99. The van der Waals surface area contributed by atoms with Crippen LogP contribution in [0.1, 0.15) is 5.56 Å². The van der Waals surface area contributed by atoms with E-state index in [9.17, 15) is 13.6 Å². The van der Waals surface area contributed by atoms with Crippen molar-refractivity contribution in [1.82, 2.24) is 0 Å². The number of hydrogen-bond donors (Lipinski definition) is 0. The van der Waals surface area contributed by atoms with Gasteiger partial charge in [-0.3, -0.25) is 4.79 Å². The summed E-state index contributed by atoms with van der Waals surface area (Å²) in [5.74, 6) is -1.82. The second kappa shape index (κ2) is 5.67. The van der Waals surface area contributed by atoms with E-state index >= 15 is 0 Å². The number of ketones is 1. The Kier molecular flexibility index (Phi) is 4.52. The van der Waals surface area contributed by atoms with Gasteiger partial charge in [0.2, 0.25) is 6.29 Å². The molecule has 0 aromatic heterocycles. The topological polar surface area (TPSA) is 35.5 Å². The molecule has 0 heterocycles. The molecule has 0 unspecified atom stereocenters. The van der Waals surface area contributed by atoms with Crippen LogP contribution in [-0.2, 0) is 20.7 Å². The first kappa shape index (κ1) is 12.7. The zero-order valence-corrected chi connectivity index (χ0v) is 9.00. The van der Waals surface area contributed by atoms with Gasteiger partial charge in [-0.1, -0.05) is 0 Å². The molecule has 3 nitrogen and oxygen atoms in total. The van der Waals surface area contributed by atoms with E-state index in [1.807, 2.05) is 0 Å². The third kappa shape index (κ3) is 3.36. The monoisotopic (exact) mass is 230 g/mol. The van der Waals surface area contributed by atoms with Crippen LogP contribution in [0.25, 0.3) is 0 Å². The van der Waals surface area contributed by atoms with Gasteiger partial charge in [-0.2, -0.15) is 0 Å². The lowest BCUT2D eigenvalue weighted by Gasteiger charge is -2.11. The zero-order valence-electron chi connectivity index (χ0n) is 9.00. The average molecular weight is 230 g/mol. The Morgan fingerprint density at radius 1 is 1.19 bits per heavy atom. The smallest absolute Gasteiger partial charge is 0.217 e. The quantitative estimate of drug-likeness (QED) is 0.722. The van der Waals surface area contributed by atoms with Crippen molar-refractivity contribution in [2.45, 2.75) is 12.7 Å². The molecule has 1 aromatic rings. The number of ether oxygens (including phenoxy) is 2. The number of rotatable bonds is 5. The summed E-state index contributed by atoms with van der Waals surface area (Å²) in [4.78, 5) is 11.5. The SMILES string of the molecule is COC(OC)C(=O)Cc1cc(F)cc(F)c1. The van der Waals surface area contributed by atoms with Gasteiger partial charge in [0.25, 0.3) is 0 Å². The van der Waals surface area contributed by atoms with Crippen molar-refractivity contribution in [3.63, 3.8) is 0 Å². The number of carbonyl (C=O) groups is 1. The van der Waals surface area contributed by atoms with Gasteiger partial charge >= 0.3 is 0 Å². The van der Waals surface area contributed by atoms with Crippen molar-refractivity contribution in [3.8, 4) is 0 Å². The summed E-state index contributed by atoms with van der Waals surface area (Å²) in [5.41, 5.74) is 0.251. The molecular weight excluding hydrogens is 218 g/mol. The summed E-state index contributed by atoms with van der Waals surface area (Å²) < 4.78 is 35.1. The van der Waals surface area contributed by atoms with E-state index in [4.69, 9.17) is 9.47 Å². The van der Waals surface area contributed by atoms with Crippen molar-refractivity contribution in [2.24, 2.45) is 0 Å². The van der Waals surface area contributed by atoms with Crippen molar-refractivity contribution in [1.29, 1.82) is 0 Å². The highest BCUT2D eigenvalue weighted by Gasteiger charge is 2.17. The van der Waals surface area contributed by atoms with E-state index in [1.165, 1.54) is 14.2 Å². The average Bonchev–Trinajstić information content (AvgIpc) is 2.17. The molecule has 1 aromatic carbocycles. The Hall–Kier alpha value is -1.33. The van der Waals surface area contributed by atoms with Gasteiger partial charge in [-0.15, -0.1) is 0 Å². The second-order valence-corrected chi connectivity index (χ2v) is 3.22. The minimum absolute atomic E-state index is 0.138. The van der Waals surface area contributed by atoms with Crippen LogP contribution in [0.2, 0.25) is 0 Å². The molecule has 1 rings (SSSR count). The molecular formula is C11H12F2O3. The zero-order chi connectivity index (χ0) is 12.1. The highest BCUT2D eigenvalue weighted by atomic mass is 19.1. The molecule has 0 bridgehead atoms. The summed E-state index contributed by atoms with van der Waals surface area (Å²) in [6.45, 7) is 0. The van der Waals surface area contributed by atoms with Gasteiger partial charge in [-0.05, 0) is 17.7 Å². The molecule has 5 heteroatoms. The van der Waals surface area contributed by atoms with Gasteiger partial charge in [0.15, 0.2) is 5.78 Å². The predicted octanol–water partition coefficient (Wildman–Crippen LogP) is 1.70. The maximum Gasteiger partial charge on any atom is 0.217 e. The molecule has 16 heavy (non-hydrogen) atoms.